The number of hydrogen-bond donors (Lipinski definition) is 1. The second kappa shape index (κ2) is 17.6. The molecule has 2 aromatic heterocycles. The largest absolute Gasteiger partial charge is 0.507 e. The first-order valence-corrected chi connectivity index (χ1v) is 23.1. The van der Waals surface area contributed by atoms with E-state index in [1.54, 1.807) is 6.07 Å². The minimum Gasteiger partial charge on any atom is -0.507 e. The monoisotopic (exact) mass is 833 g/mol. The molecule has 2 fully saturated rings. The molecule has 9 aromatic rings. The van der Waals surface area contributed by atoms with E-state index in [4.69, 9.17) is 12.7 Å². The molecule has 2 heterocycles. The molecular formula is C60H53N3O. The van der Waals surface area contributed by atoms with Crippen LogP contribution in [0.5, 0.6) is 5.75 Å². The minimum atomic E-state index is -1.34. The minimum absolute atomic E-state index is 0.0722. The Balaban J connectivity index is 1.06. The molecule has 64 heavy (non-hydrogen) atoms. The molecule has 0 unspecified atom stereocenters. The molecule has 11 rings (SSSR count). The first-order valence-electron chi connectivity index (χ1n) is 24.1. The summed E-state index contributed by atoms with van der Waals surface area (Å²) < 4.78 is 20.2. The summed E-state index contributed by atoms with van der Waals surface area (Å²) in [5, 5.41) is 11.5. The standard InChI is InChI=1S/C60H53N3O/c64-58-25-12-11-22-53(58)60-62-59-52(23-13-24-57(59)63(60)56-31-28-44(35-42-16-9-10-17-42)36-54(56)47-20-5-2-6-21-47)50-37-49(45-18-3-1-4-19-45)38-51(39-50)55-40-48(32-33-61-55)46-29-26-43(27-30-46)34-41-14-7-8-15-41/h1-6,11-13,18-33,36-42,64H,7-10,14-17,34-35H2/i34D2. The van der Waals surface area contributed by atoms with Gasteiger partial charge in [-0.05, 0) is 130 Å². The van der Waals surface area contributed by atoms with Gasteiger partial charge in [-0.2, -0.15) is 0 Å². The molecule has 4 nitrogen and oxygen atoms in total. The highest BCUT2D eigenvalue weighted by molar-refractivity contribution is 5.98. The van der Waals surface area contributed by atoms with Crippen LogP contribution in [0.1, 0.15) is 65.2 Å². The third-order valence-electron chi connectivity index (χ3n) is 13.6. The quantitative estimate of drug-likeness (QED) is 0.141. The fourth-order valence-corrected chi connectivity index (χ4v) is 10.3. The Labute approximate surface area is 379 Å². The fraction of sp³-hybridized carbons (Fsp3) is 0.200. The van der Waals surface area contributed by atoms with Gasteiger partial charge >= 0.3 is 0 Å². The number of imidazole rings is 1. The maximum absolute atomic E-state index is 11.5. The SMILES string of the molecule is [2H]C([2H])(c1ccc(-c2ccnc(-c3cc(-c4ccccc4)cc(-c4cccc5c4nc(-c4ccccc4O)n5-c4ccc(CC5CCCC5)cc4-c4ccccc4)c3)c2)cc1)C1CCCC1. The second-order valence-corrected chi connectivity index (χ2v) is 17.8. The van der Waals surface area contributed by atoms with Crippen molar-refractivity contribution in [2.24, 2.45) is 11.8 Å². The van der Waals surface area contributed by atoms with E-state index in [1.165, 1.54) is 31.2 Å². The molecule has 314 valence electrons. The summed E-state index contributed by atoms with van der Waals surface area (Å²) in [6, 6.07) is 60.9. The number of phenols is 1. The number of hydrogen-bond acceptors (Lipinski definition) is 3. The van der Waals surface area contributed by atoms with Crippen LogP contribution in [0, 0.1) is 11.8 Å². The predicted octanol–water partition coefficient (Wildman–Crippen LogP) is 15.6. The van der Waals surface area contributed by atoms with Gasteiger partial charge in [-0.3, -0.25) is 9.55 Å². The van der Waals surface area contributed by atoms with E-state index < -0.39 is 6.37 Å². The van der Waals surface area contributed by atoms with Gasteiger partial charge in [0.25, 0.3) is 0 Å². The summed E-state index contributed by atoms with van der Waals surface area (Å²) in [5.41, 5.74) is 15.8. The van der Waals surface area contributed by atoms with E-state index in [2.05, 4.69) is 132 Å². The Morgan fingerprint density at radius 3 is 1.91 bits per heavy atom. The van der Waals surface area contributed by atoms with Gasteiger partial charge in [-0.1, -0.05) is 167 Å². The van der Waals surface area contributed by atoms with E-state index in [1.807, 2.05) is 48.7 Å². The van der Waals surface area contributed by atoms with Crippen LogP contribution in [0.3, 0.4) is 0 Å². The third-order valence-corrected chi connectivity index (χ3v) is 13.6. The van der Waals surface area contributed by atoms with Crippen molar-refractivity contribution in [3.05, 3.63) is 193 Å². The molecule has 4 heteroatoms. The normalized spacial score (nSPS) is 15.1. The van der Waals surface area contributed by atoms with Crippen molar-refractivity contribution in [1.29, 1.82) is 0 Å². The van der Waals surface area contributed by atoms with E-state index in [0.717, 1.165) is 110 Å². The van der Waals surface area contributed by atoms with E-state index in [0.29, 0.717) is 17.3 Å². The number of fused-ring (bicyclic) bond motifs is 1. The summed E-state index contributed by atoms with van der Waals surface area (Å²) in [4.78, 5) is 10.5. The van der Waals surface area contributed by atoms with Crippen LogP contribution in [0.25, 0.3) is 83.9 Å². The number of benzene rings is 7. The summed E-state index contributed by atoms with van der Waals surface area (Å²) in [6.07, 6.45) is 10.9. The van der Waals surface area contributed by atoms with Gasteiger partial charge in [0.2, 0.25) is 0 Å². The van der Waals surface area contributed by atoms with E-state index >= 15 is 0 Å². The topological polar surface area (TPSA) is 50.9 Å². The zero-order chi connectivity index (χ0) is 44.6. The molecule has 2 saturated carbocycles. The highest BCUT2D eigenvalue weighted by Crippen LogP contribution is 2.42. The molecule has 2 aliphatic rings. The lowest BCUT2D eigenvalue weighted by Gasteiger charge is -2.18. The predicted molar refractivity (Wildman–Crippen MR) is 264 cm³/mol. The van der Waals surface area contributed by atoms with Crippen molar-refractivity contribution < 1.29 is 7.85 Å². The van der Waals surface area contributed by atoms with Crippen LogP contribution in [0.2, 0.25) is 0 Å². The maximum Gasteiger partial charge on any atom is 0.149 e. The van der Waals surface area contributed by atoms with Crippen molar-refractivity contribution in [3.8, 4) is 78.6 Å². The van der Waals surface area contributed by atoms with Crippen LogP contribution < -0.4 is 0 Å². The van der Waals surface area contributed by atoms with Crippen LogP contribution >= 0.6 is 0 Å². The first kappa shape index (κ1) is 37.5. The zero-order valence-corrected chi connectivity index (χ0v) is 36.1. The Hall–Kier alpha value is -7.04. The van der Waals surface area contributed by atoms with Gasteiger partial charge in [0, 0.05) is 25.6 Å². The molecule has 0 saturated heterocycles. The third kappa shape index (κ3) is 8.05. The highest BCUT2D eigenvalue weighted by atomic mass is 16.3. The highest BCUT2D eigenvalue weighted by Gasteiger charge is 2.24. The van der Waals surface area contributed by atoms with Crippen LogP contribution in [0.4, 0.5) is 0 Å². The van der Waals surface area contributed by atoms with Gasteiger partial charge in [-0.15, -0.1) is 0 Å². The van der Waals surface area contributed by atoms with Gasteiger partial charge in [0.15, 0.2) is 0 Å². The summed E-state index contributed by atoms with van der Waals surface area (Å²) in [7, 11) is 0. The molecule has 0 radical (unpaired) electrons. The number of phenolic OH excluding ortho intramolecular Hbond substituents is 1. The molecule has 7 aromatic carbocycles. The lowest BCUT2D eigenvalue weighted by atomic mass is 9.93. The van der Waals surface area contributed by atoms with Crippen molar-refractivity contribution in [2.75, 3.05) is 0 Å². The van der Waals surface area contributed by atoms with Gasteiger partial charge in [-0.25, -0.2) is 4.98 Å². The zero-order valence-electron chi connectivity index (χ0n) is 38.1. The average molecular weight is 834 g/mol. The number of aromatic nitrogens is 3. The molecule has 0 atom stereocenters. The summed E-state index contributed by atoms with van der Waals surface area (Å²) >= 11 is 0. The van der Waals surface area contributed by atoms with Crippen molar-refractivity contribution >= 4 is 11.0 Å². The average Bonchev–Trinajstić information content (AvgIpc) is 4.18. The van der Waals surface area contributed by atoms with Crippen LogP contribution in [0.15, 0.2) is 182 Å². The Bertz CT molecular complexity index is 3170. The molecule has 0 bridgehead atoms. The van der Waals surface area contributed by atoms with Crippen LogP contribution in [-0.2, 0) is 12.8 Å². The van der Waals surface area contributed by atoms with Gasteiger partial charge < -0.3 is 5.11 Å². The Morgan fingerprint density at radius 2 is 1.14 bits per heavy atom. The van der Waals surface area contributed by atoms with Gasteiger partial charge in [0.05, 0.1) is 28.0 Å². The Kier molecular flexibility index (Phi) is 10.3. The Morgan fingerprint density at radius 1 is 0.500 bits per heavy atom. The molecule has 2 aliphatic carbocycles. The summed E-state index contributed by atoms with van der Waals surface area (Å²) in [5.74, 6) is 1.64. The van der Waals surface area contributed by atoms with Crippen molar-refractivity contribution in [3.63, 3.8) is 0 Å². The molecular weight excluding hydrogens is 779 g/mol. The number of rotatable bonds is 11. The van der Waals surface area contributed by atoms with Crippen LogP contribution in [-0.4, -0.2) is 19.6 Å². The first-order chi connectivity index (χ1) is 32.4. The maximum atomic E-state index is 11.5. The molecule has 0 spiro atoms. The number of aromatic hydroxyl groups is 1. The molecule has 0 amide bonds. The van der Waals surface area contributed by atoms with E-state index in [-0.39, 0.29) is 11.7 Å². The lowest BCUT2D eigenvalue weighted by molar-refractivity contribution is 0.477. The molecule has 0 aliphatic heterocycles. The number of pyridine rings is 1. The number of para-hydroxylation sites is 2. The summed E-state index contributed by atoms with van der Waals surface area (Å²) in [6.45, 7) is 0. The second-order valence-electron chi connectivity index (χ2n) is 17.8. The fourth-order valence-electron chi connectivity index (χ4n) is 10.3. The van der Waals surface area contributed by atoms with Crippen molar-refractivity contribution in [2.45, 2.75) is 64.2 Å². The molecule has 1 N–H and O–H groups in total. The lowest BCUT2D eigenvalue weighted by Crippen LogP contribution is -2.03. The van der Waals surface area contributed by atoms with Gasteiger partial charge in [0.1, 0.15) is 11.6 Å². The number of nitrogens with zero attached hydrogens (tertiary/aromatic N) is 3. The van der Waals surface area contributed by atoms with E-state index in [9.17, 15) is 5.11 Å². The van der Waals surface area contributed by atoms with Crippen molar-refractivity contribution in [1.82, 2.24) is 14.5 Å². The smallest absolute Gasteiger partial charge is 0.149 e.